The third-order valence-corrected chi connectivity index (χ3v) is 8.55. The topological polar surface area (TPSA) is 73.2 Å². The Balaban J connectivity index is 4.64. The van der Waals surface area contributed by atoms with Crippen molar-refractivity contribution in [2.24, 2.45) is 5.92 Å². The first kappa shape index (κ1) is 41.0. The predicted octanol–water partition coefficient (Wildman–Crippen LogP) is 8.15. The number of hydrogen-bond donors (Lipinski definition) is 2. The Kier molecular flexibility index (Phi) is 28.1. The van der Waals surface area contributed by atoms with E-state index in [0.717, 1.165) is 51.6 Å². The van der Waals surface area contributed by atoms with Gasteiger partial charge >= 0.3 is 5.97 Å². The summed E-state index contributed by atoms with van der Waals surface area (Å²) >= 11 is 0. The molecule has 0 aromatic heterocycles. The Hall–Kier alpha value is -0.950. The van der Waals surface area contributed by atoms with Crippen molar-refractivity contribution in [1.82, 2.24) is 9.80 Å². The molecule has 0 saturated carbocycles. The second kappa shape index (κ2) is 28.8. The van der Waals surface area contributed by atoms with Gasteiger partial charge in [-0.2, -0.15) is 0 Å². The molecule has 0 aliphatic carbocycles. The highest BCUT2D eigenvalue weighted by Crippen LogP contribution is 2.14. The van der Waals surface area contributed by atoms with Gasteiger partial charge < -0.3 is 14.9 Å². The molecule has 4 unspecified atom stereocenters. The van der Waals surface area contributed by atoms with E-state index in [4.69, 9.17) is 4.74 Å². The van der Waals surface area contributed by atoms with Gasteiger partial charge in [0.15, 0.2) is 0 Å². The lowest BCUT2D eigenvalue weighted by Crippen LogP contribution is -2.39. The smallest absolute Gasteiger partial charge is 0.305 e. The van der Waals surface area contributed by atoms with E-state index >= 15 is 0 Å². The minimum Gasteiger partial charge on any atom is -0.464 e. The number of rotatable bonds is 31. The van der Waals surface area contributed by atoms with Crippen LogP contribution in [0.15, 0.2) is 12.7 Å². The van der Waals surface area contributed by atoms with Crippen LogP contribution in [0.3, 0.4) is 0 Å². The highest BCUT2D eigenvalue weighted by molar-refractivity contribution is 5.69. The van der Waals surface area contributed by atoms with Crippen LogP contribution in [-0.2, 0) is 9.53 Å². The molecule has 0 radical (unpaired) electrons. The van der Waals surface area contributed by atoms with Crippen LogP contribution in [-0.4, -0.2) is 83.6 Å². The van der Waals surface area contributed by atoms with Gasteiger partial charge in [0.2, 0.25) is 0 Å². The van der Waals surface area contributed by atoms with E-state index in [9.17, 15) is 15.0 Å². The first-order valence-corrected chi connectivity index (χ1v) is 17.9. The zero-order valence-corrected chi connectivity index (χ0v) is 28.7. The number of carbonyl (C=O) groups is 1. The van der Waals surface area contributed by atoms with E-state index in [2.05, 4.69) is 51.0 Å². The Bertz CT molecular complexity index is 593. The maximum absolute atomic E-state index is 12.5. The van der Waals surface area contributed by atoms with Crippen molar-refractivity contribution in [3.8, 4) is 0 Å². The van der Waals surface area contributed by atoms with Crippen LogP contribution >= 0.6 is 0 Å². The normalized spacial score (nSPS) is 14.7. The third-order valence-electron chi connectivity index (χ3n) is 8.55. The number of aliphatic hydroxyl groups is 2. The first-order valence-electron chi connectivity index (χ1n) is 17.9. The van der Waals surface area contributed by atoms with E-state index in [1.807, 2.05) is 6.08 Å². The number of unbranched alkanes of at least 4 members (excludes halogenated alkanes) is 10. The van der Waals surface area contributed by atoms with Crippen LogP contribution in [0.1, 0.15) is 150 Å². The lowest BCUT2D eigenvalue weighted by Gasteiger charge is -2.30. The minimum absolute atomic E-state index is 0.154. The summed E-state index contributed by atoms with van der Waals surface area (Å²) in [5.41, 5.74) is 0. The molecular formula is C36H72N2O4. The maximum atomic E-state index is 12.5. The fourth-order valence-corrected chi connectivity index (χ4v) is 5.66. The van der Waals surface area contributed by atoms with Crippen molar-refractivity contribution in [2.75, 3.05) is 39.3 Å². The number of carbonyl (C=O) groups excluding carboxylic acids is 1. The molecule has 0 heterocycles. The third kappa shape index (κ3) is 24.5. The molecule has 0 aromatic carbocycles. The molecule has 6 heteroatoms. The van der Waals surface area contributed by atoms with Crippen LogP contribution in [0.4, 0.5) is 0 Å². The molecule has 0 saturated heterocycles. The Morgan fingerprint density at radius 2 is 1.29 bits per heavy atom. The van der Waals surface area contributed by atoms with Crippen LogP contribution in [0, 0.1) is 5.92 Å². The van der Waals surface area contributed by atoms with Gasteiger partial charge in [0, 0.05) is 38.6 Å². The minimum atomic E-state index is -0.389. The molecular weight excluding hydrogens is 524 g/mol. The van der Waals surface area contributed by atoms with Crippen LogP contribution in [0.2, 0.25) is 0 Å². The summed E-state index contributed by atoms with van der Waals surface area (Å²) < 4.78 is 5.62. The highest BCUT2D eigenvalue weighted by Gasteiger charge is 2.18. The largest absolute Gasteiger partial charge is 0.464 e. The molecule has 0 aliphatic heterocycles. The van der Waals surface area contributed by atoms with Crippen LogP contribution in [0.5, 0.6) is 0 Å². The van der Waals surface area contributed by atoms with Crippen molar-refractivity contribution in [3.63, 3.8) is 0 Å². The Labute approximate surface area is 261 Å². The second-order valence-electron chi connectivity index (χ2n) is 12.9. The van der Waals surface area contributed by atoms with Gasteiger partial charge in [0.05, 0.1) is 12.2 Å². The van der Waals surface area contributed by atoms with Crippen molar-refractivity contribution in [1.29, 1.82) is 0 Å². The Morgan fingerprint density at radius 3 is 1.79 bits per heavy atom. The van der Waals surface area contributed by atoms with Crippen molar-refractivity contribution < 1.29 is 19.7 Å². The van der Waals surface area contributed by atoms with E-state index in [1.165, 1.54) is 64.2 Å². The van der Waals surface area contributed by atoms with Gasteiger partial charge in [0.25, 0.3) is 0 Å². The molecule has 0 aliphatic rings. The van der Waals surface area contributed by atoms with Gasteiger partial charge in [-0.1, -0.05) is 111 Å². The van der Waals surface area contributed by atoms with E-state index in [-0.39, 0.29) is 18.2 Å². The molecule has 0 bridgehead atoms. The molecule has 42 heavy (non-hydrogen) atoms. The summed E-state index contributed by atoms with van der Waals surface area (Å²) in [5, 5.41) is 21.5. The lowest BCUT2D eigenvalue weighted by molar-refractivity contribution is -0.144. The average Bonchev–Trinajstić information content (AvgIpc) is 2.95. The fraction of sp³-hybridized carbons (Fsp3) is 0.917. The molecule has 2 N–H and O–H groups in total. The molecule has 0 spiro atoms. The first-order chi connectivity index (χ1) is 20.3. The van der Waals surface area contributed by atoms with Crippen molar-refractivity contribution in [2.45, 2.75) is 168 Å². The average molecular weight is 597 g/mol. The lowest BCUT2D eigenvalue weighted by atomic mass is 10.1. The molecule has 0 fully saturated rings. The summed E-state index contributed by atoms with van der Waals surface area (Å²) in [5.74, 6) is 0.379. The van der Waals surface area contributed by atoms with Crippen LogP contribution in [0.25, 0.3) is 0 Å². The molecule has 0 amide bonds. The van der Waals surface area contributed by atoms with Gasteiger partial charge in [-0.25, -0.2) is 0 Å². The molecule has 6 nitrogen and oxygen atoms in total. The summed E-state index contributed by atoms with van der Waals surface area (Å²) in [7, 11) is 0. The number of hydrogen-bond acceptors (Lipinski definition) is 6. The summed E-state index contributed by atoms with van der Waals surface area (Å²) in [6.45, 7) is 19.0. The van der Waals surface area contributed by atoms with E-state index in [1.54, 1.807) is 0 Å². The summed E-state index contributed by atoms with van der Waals surface area (Å²) in [4.78, 5) is 17.1. The standard InChI is InChI=1S/C36H72N2O4/c1-7-11-13-15-17-19-23-34(39)30-37(31-35(40)24-20-18-16-14-12-8-2)26-21-25-36(41)42-28-27-38(33(6)10-4)29-32(5)22-9-3/h9,32-35,39-40H,3,7-8,10-31H2,1-2,4-6H3. The number of nitrogens with zero attached hydrogens (tertiary/aromatic N) is 2. The van der Waals surface area contributed by atoms with Crippen LogP contribution < -0.4 is 0 Å². The molecule has 0 aromatic rings. The highest BCUT2D eigenvalue weighted by atomic mass is 16.5. The quantitative estimate of drug-likeness (QED) is 0.0478. The summed E-state index contributed by atoms with van der Waals surface area (Å²) in [6, 6.07) is 0.454. The summed E-state index contributed by atoms with van der Waals surface area (Å²) in [6.07, 6.45) is 20.5. The molecule has 0 rings (SSSR count). The molecule has 4 atom stereocenters. The Morgan fingerprint density at radius 1 is 0.762 bits per heavy atom. The van der Waals surface area contributed by atoms with E-state index < -0.39 is 0 Å². The monoisotopic (exact) mass is 597 g/mol. The van der Waals surface area contributed by atoms with Gasteiger partial charge in [-0.3, -0.25) is 14.6 Å². The van der Waals surface area contributed by atoms with Gasteiger partial charge in [0.1, 0.15) is 6.61 Å². The SMILES string of the molecule is C=CCC(C)CN(CCOC(=O)CCCN(CC(O)CCCCCCCC)CC(O)CCCCCCCC)C(C)CC. The maximum Gasteiger partial charge on any atom is 0.305 e. The van der Waals surface area contributed by atoms with Gasteiger partial charge in [-0.15, -0.1) is 6.58 Å². The van der Waals surface area contributed by atoms with Gasteiger partial charge in [-0.05, 0) is 51.5 Å². The van der Waals surface area contributed by atoms with Crippen molar-refractivity contribution >= 4 is 5.97 Å². The number of esters is 1. The second-order valence-corrected chi connectivity index (χ2v) is 12.9. The number of ether oxygens (including phenoxy) is 1. The van der Waals surface area contributed by atoms with E-state index in [0.29, 0.717) is 51.0 Å². The molecule has 250 valence electrons. The predicted molar refractivity (Wildman–Crippen MR) is 180 cm³/mol. The number of allylic oxidation sites excluding steroid dienone is 1. The zero-order valence-electron chi connectivity index (χ0n) is 28.7. The zero-order chi connectivity index (χ0) is 31.4. The number of aliphatic hydroxyl groups excluding tert-OH is 2. The van der Waals surface area contributed by atoms with Crippen molar-refractivity contribution in [3.05, 3.63) is 12.7 Å². The fourth-order valence-electron chi connectivity index (χ4n) is 5.66.